The smallest absolute Gasteiger partial charge is 0.303 e. The Morgan fingerprint density at radius 2 is 1.73 bits per heavy atom. The van der Waals surface area contributed by atoms with Gasteiger partial charge in [-0.3, -0.25) is 9.59 Å². The lowest BCUT2D eigenvalue weighted by molar-refractivity contribution is -0.142. The molecule has 0 radical (unpaired) electrons. The van der Waals surface area contributed by atoms with Gasteiger partial charge in [0.2, 0.25) is 5.91 Å². The first-order chi connectivity index (χ1) is 14.5. The predicted molar refractivity (Wildman–Crippen MR) is 114 cm³/mol. The molecule has 7 nitrogen and oxygen atoms in total. The zero-order valence-corrected chi connectivity index (χ0v) is 18.7. The molecule has 4 atom stereocenters. The van der Waals surface area contributed by atoms with Crippen molar-refractivity contribution in [3.8, 4) is 0 Å². The van der Waals surface area contributed by atoms with Gasteiger partial charge < -0.3 is 14.6 Å². The fourth-order valence-electron chi connectivity index (χ4n) is 5.64. The average molecular weight is 423 g/mol. The Balaban J connectivity index is 1.72. The van der Waals surface area contributed by atoms with Gasteiger partial charge in [0.05, 0.1) is 24.7 Å². The molecule has 3 rings (SSSR count). The summed E-state index contributed by atoms with van der Waals surface area (Å²) < 4.78 is 11.2. The molecule has 0 aromatic carbocycles. The normalized spacial score (nSPS) is 34.6. The highest BCUT2D eigenvalue weighted by atomic mass is 16.5. The third kappa shape index (κ3) is 5.41. The van der Waals surface area contributed by atoms with Crippen molar-refractivity contribution in [3.05, 3.63) is 0 Å². The number of carboxylic acid groups (broad SMARTS) is 1. The van der Waals surface area contributed by atoms with Crippen molar-refractivity contribution in [1.29, 1.82) is 0 Å². The number of nitrogens with zero attached hydrogens (tertiary/aromatic N) is 2. The molecule has 4 unspecified atom stereocenters. The fraction of sp³-hybridized carbons (Fsp3) is 0.870. The lowest BCUT2D eigenvalue weighted by atomic mass is 9.75. The van der Waals surface area contributed by atoms with E-state index in [4.69, 9.17) is 19.7 Å². The molecule has 0 aromatic heterocycles. The third-order valence-corrected chi connectivity index (χ3v) is 7.60. The minimum Gasteiger partial charge on any atom is -0.481 e. The van der Waals surface area contributed by atoms with Crippen molar-refractivity contribution < 1.29 is 24.2 Å². The molecule has 30 heavy (non-hydrogen) atoms. The zero-order chi connectivity index (χ0) is 21.7. The van der Waals surface area contributed by atoms with Gasteiger partial charge in [0.15, 0.2) is 0 Å². The topological polar surface area (TPSA) is 88.4 Å². The van der Waals surface area contributed by atoms with E-state index in [1.165, 1.54) is 19.3 Å². The maximum absolute atomic E-state index is 12.9. The Morgan fingerprint density at radius 3 is 2.33 bits per heavy atom. The van der Waals surface area contributed by atoms with Crippen LogP contribution in [0.15, 0.2) is 5.10 Å². The second kappa shape index (κ2) is 10.7. The summed E-state index contributed by atoms with van der Waals surface area (Å²) in [5.74, 6) is 0.465. The van der Waals surface area contributed by atoms with E-state index in [1.54, 1.807) is 19.2 Å². The van der Waals surface area contributed by atoms with Crippen LogP contribution in [-0.2, 0) is 19.1 Å². The number of aliphatic carboxylic acids is 1. The molecule has 1 heterocycles. The first-order valence-corrected chi connectivity index (χ1v) is 11.6. The maximum atomic E-state index is 12.9. The fourth-order valence-corrected chi connectivity index (χ4v) is 5.64. The van der Waals surface area contributed by atoms with E-state index in [2.05, 4.69) is 6.92 Å². The van der Waals surface area contributed by atoms with Gasteiger partial charge in [-0.1, -0.05) is 26.2 Å². The van der Waals surface area contributed by atoms with Crippen LogP contribution in [0.1, 0.15) is 77.6 Å². The van der Waals surface area contributed by atoms with Gasteiger partial charge in [0.25, 0.3) is 0 Å². The molecule has 0 saturated heterocycles. The molecule has 2 fully saturated rings. The van der Waals surface area contributed by atoms with Crippen LogP contribution in [0.2, 0.25) is 0 Å². The van der Waals surface area contributed by atoms with Crippen LogP contribution < -0.4 is 0 Å². The van der Waals surface area contributed by atoms with Crippen LogP contribution in [0.4, 0.5) is 0 Å². The van der Waals surface area contributed by atoms with E-state index >= 15 is 0 Å². The van der Waals surface area contributed by atoms with Crippen molar-refractivity contribution in [2.24, 2.45) is 22.9 Å². The number of rotatable bonds is 8. The molecule has 0 spiro atoms. The highest BCUT2D eigenvalue weighted by Gasteiger charge is 2.42. The van der Waals surface area contributed by atoms with Gasteiger partial charge in [0, 0.05) is 38.7 Å². The lowest BCUT2D eigenvalue weighted by Gasteiger charge is -2.35. The number of ether oxygens (including phenoxy) is 2. The van der Waals surface area contributed by atoms with E-state index in [0.29, 0.717) is 11.8 Å². The number of amides is 1. The highest BCUT2D eigenvalue weighted by Crippen LogP contribution is 2.40. The van der Waals surface area contributed by atoms with Crippen LogP contribution in [-0.4, -0.2) is 60.2 Å². The molecule has 170 valence electrons. The Bertz CT molecular complexity index is 629. The van der Waals surface area contributed by atoms with Gasteiger partial charge >= 0.3 is 5.97 Å². The molecule has 0 bridgehead atoms. The number of methoxy groups -OCH3 is 2. The summed E-state index contributed by atoms with van der Waals surface area (Å²) in [5.41, 5.74) is 1.10. The lowest BCUT2D eigenvalue weighted by Crippen LogP contribution is -2.40. The monoisotopic (exact) mass is 422 g/mol. The second-order valence-electron chi connectivity index (χ2n) is 9.24. The molecular weight excluding hydrogens is 384 g/mol. The van der Waals surface area contributed by atoms with Crippen molar-refractivity contribution >= 4 is 17.6 Å². The Morgan fingerprint density at radius 1 is 1.03 bits per heavy atom. The minimum atomic E-state index is -0.937. The highest BCUT2D eigenvalue weighted by molar-refractivity contribution is 5.92. The molecule has 2 aliphatic carbocycles. The standard InChI is InChI=1S/C23H38N2O5/c1-4-15-5-7-16(8-6-15)19-14-18(24-25(19)22(26)11-12-23(27)28)17-9-10-20(29-2)21(13-17)30-3/h15-17,19-21H,4-14H2,1-3H3,(H,27,28). The number of carbonyl (C=O) groups is 2. The molecule has 2 saturated carbocycles. The minimum absolute atomic E-state index is 0.0179. The number of hydrogen-bond acceptors (Lipinski definition) is 5. The number of carboxylic acids is 1. The summed E-state index contributed by atoms with van der Waals surface area (Å²) in [4.78, 5) is 23.9. The van der Waals surface area contributed by atoms with Crippen LogP contribution in [0, 0.1) is 17.8 Å². The molecule has 0 aromatic rings. The molecule has 1 N–H and O–H groups in total. The number of carbonyl (C=O) groups excluding carboxylic acids is 1. The van der Waals surface area contributed by atoms with Crippen molar-refractivity contribution in [2.45, 2.75) is 95.8 Å². The first kappa shape index (κ1) is 23.2. The SMILES string of the molecule is CCC1CCC(C2CC(C3CCC(OC)C(OC)C3)=NN2C(=O)CCC(=O)O)CC1. The van der Waals surface area contributed by atoms with Gasteiger partial charge in [-0.25, -0.2) is 5.01 Å². The number of hydrogen-bond donors (Lipinski definition) is 1. The van der Waals surface area contributed by atoms with Crippen LogP contribution >= 0.6 is 0 Å². The van der Waals surface area contributed by atoms with Gasteiger partial charge in [-0.05, 0) is 43.9 Å². The predicted octanol–water partition coefficient (Wildman–Crippen LogP) is 3.85. The van der Waals surface area contributed by atoms with Crippen LogP contribution in [0.3, 0.4) is 0 Å². The van der Waals surface area contributed by atoms with E-state index in [-0.39, 0.29) is 37.0 Å². The maximum Gasteiger partial charge on any atom is 0.303 e. The van der Waals surface area contributed by atoms with Crippen LogP contribution in [0.5, 0.6) is 0 Å². The Hall–Kier alpha value is -1.47. The van der Waals surface area contributed by atoms with E-state index in [1.807, 2.05) is 0 Å². The number of hydrazone groups is 1. The van der Waals surface area contributed by atoms with Crippen molar-refractivity contribution in [3.63, 3.8) is 0 Å². The summed E-state index contributed by atoms with van der Waals surface area (Å²) in [5, 5.41) is 15.5. The summed E-state index contributed by atoms with van der Waals surface area (Å²) in [6, 6.07) is 0.0836. The molecular formula is C23H38N2O5. The van der Waals surface area contributed by atoms with Gasteiger partial charge in [0.1, 0.15) is 0 Å². The summed E-state index contributed by atoms with van der Waals surface area (Å²) >= 11 is 0. The van der Waals surface area contributed by atoms with Crippen LogP contribution in [0.25, 0.3) is 0 Å². The Labute approximate surface area is 180 Å². The van der Waals surface area contributed by atoms with Crippen molar-refractivity contribution in [2.75, 3.05) is 14.2 Å². The third-order valence-electron chi connectivity index (χ3n) is 7.60. The zero-order valence-electron chi connectivity index (χ0n) is 18.7. The summed E-state index contributed by atoms with van der Waals surface area (Å²) in [6.07, 6.45) is 9.56. The first-order valence-electron chi connectivity index (χ1n) is 11.6. The van der Waals surface area contributed by atoms with Crippen molar-refractivity contribution in [1.82, 2.24) is 5.01 Å². The molecule has 1 amide bonds. The molecule has 1 aliphatic heterocycles. The quantitative estimate of drug-likeness (QED) is 0.642. The summed E-state index contributed by atoms with van der Waals surface area (Å²) in [7, 11) is 3.46. The molecule has 3 aliphatic rings. The summed E-state index contributed by atoms with van der Waals surface area (Å²) in [6.45, 7) is 2.26. The largest absolute Gasteiger partial charge is 0.481 e. The van der Waals surface area contributed by atoms with Gasteiger partial charge in [-0.15, -0.1) is 0 Å². The van der Waals surface area contributed by atoms with E-state index in [0.717, 1.165) is 50.2 Å². The van der Waals surface area contributed by atoms with E-state index < -0.39 is 5.97 Å². The van der Waals surface area contributed by atoms with E-state index in [9.17, 15) is 9.59 Å². The molecule has 7 heteroatoms. The second-order valence-corrected chi connectivity index (χ2v) is 9.24. The Kier molecular flexibility index (Phi) is 8.28. The average Bonchev–Trinajstić information content (AvgIpc) is 3.22. The van der Waals surface area contributed by atoms with Gasteiger partial charge in [-0.2, -0.15) is 5.10 Å².